The van der Waals surface area contributed by atoms with Crippen LogP contribution in [0.15, 0.2) is 27.5 Å². The molecule has 0 saturated carbocycles. The van der Waals surface area contributed by atoms with Crippen molar-refractivity contribution in [2.75, 3.05) is 26.4 Å². The van der Waals surface area contributed by atoms with Crippen molar-refractivity contribution in [2.24, 2.45) is 0 Å². The van der Waals surface area contributed by atoms with E-state index in [1.165, 1.54) is 18.6 Å². The standard InChI is InChI=1S/C32H44FN4O5/c1-3-4-5-6-7-10-29(39)41-21-37(19-15-25-22(2)34-31-27(38)9-8-16-36(31)32(25)40)17-13-23(14-18-37)30-26-12-11-24(33)20-28(26)42-35-30/h11-12,20,23,27,38H,3-10,13-19,21H2,1-2H3/q+1. The van der Waals surface area contributed by atoms with Gasteiger partial charge in [0.05, 0.1) is 25.3 Å². The second-order valence-electron chi connectivity index (χ2n) is 12.2. The van der Waals surface area contributed by atoms with Gasteiger partial charge in [-0.3, -0.25) is 18.6 Å². The molecule has 2 aliphatic rings. The first-order chi connectivity index (χ1) is 20.3. The number of aryl methyl sites for hydroxylation is 1. The van der Waals surface area contributed by atoms with Crippen LogP contribution in [0, 0.1) is 12.7 Å². The molecular formula is C32H44FN4O5+. The van der Waals surface area contributed by atoms with Gasteiger partial charge in [0.1, 0.15) is 17.7 Å². The number of carbonyl (C=O) groups excluding carboxylic acids is 1. The molecule has 1 unspecified atom stereocenters. The Labute approximate surface area is 246 Å². The maximum atomic E-state index is 13.7. The van der Waals surface area contributed by atoms with E-state index < -0.39 is 6.10 Å². The predicted molar refractivity (Wildman–Crippen MR) is 156 cm³/mol. The van der Waals surface area contributed by atoms with E-state index in [0.717, 1.165) is 69.1 Å². The van der Waals surface area contributed by atoms with Crippen LogP contribution in [0.2, 0.25) is 0 Å². The molecule has 3 aromatic rings. The number of aromatic nitrogens is 3. The number of quaternary nitrogens is 1. The topological polar surface area (TPSA) is 107 Å². The minimum Gasteiger partial charge on any atom is -0.415 e. The highest BCUT2D eigenvalue weighted by atomic mass is 19.1. The maximum absolute atomic E-state index is 13.7. The number of halogens is 1. The van der Waals surface area contributed by atoms with E-state index in [4.69, 9.17) is 9.26 Å². The highest BCUT2D eigenvalue weighted by Gasteiger charge is 2.37. The second kappa shape index (κ2) is 13.5. The van der Waals surface area contributed by atoms with E-state index in [0.29, 0.717) is 59.5 Å². The number of unbranched alkanes of at least 4 members (excludes halogenated alkanes) is 4. The number of aliphatic hydroxyl groups is 1. The fraction of sp³-hybridized carbons (Fsp3) is 0.625. The number of ether oxygens (including phenoxy) is 1. The molecule has 9 nitrogen and oxygen atoms in total. The third-order valence-electron chi connectivity index (χ3n) is 9.23. The number of aliphatic hydroxyl groups excluding tert-OH is 1. The molecule has 1 N–H and O–H groups in total. The third kappa shape index (κ3) is 6.75. The molecule has 2 aromatic heterocycles. The van der Waals surface area contributed by atoms with Gasteiger partial charge in [-0.25, -0.2) is 9.37 Å². The minimum atomic E-state index is -0.706. The van der Waals surface area contributed by atoms with E-state index in [1.807, 2.05) is 6.92 Å². The summed E-state index contributed by atoms with van der Waals surface area (Å²) < 4.78 is 27.2. The molecule has 1 fully saturated rings. The van der Waals surface area contributed by atoms with E-state index in [9.17, 15) is 19.1 Å². The average molecular weight is 584 g/mol. The fourth-order valence-corrected chi connectivity index (χ4v) is 6.59. The quantitative estimate of drug-likeness (QED) is 0.171. The number of rotatable bonds is 12. The number of nitrogens with zero attached hydrogens (tertiary/aromatic N) is 4. The lowest BCUT2D eigenvalue weighted by Gasteiger charge is -2.42. The number of esters is 1. The van der Waals surface area contributed by atoms with E-state index in [1.54, 1.807) is 10.6 Å². The summed E-state index contributed by atoms with van der Waals surface area (Å²) in [7, 11) is 0. The zero-order valence-electron chi connectivity index (χ0n) is 24.9. The van der Waals surface area contributed by atoms with Gasteiger partial charge in [0.25, 0.3) is 5.56 Å². The molecule has 0 amide bonds. The summed E-state index contributed by atoms with van der Waals surface area (Å²) in [6, 6.07) is 4.52. The highest BCUT2D eigenvalue weighted by Crippen LogP contribution is 2.35. The Bertz CT molecular complexity index is 1440. The highest BCUT2D eigenvalue weighted by molar-refractivity contribution is 5.79. The largest absolute Gasteiger partial charge is 0.415 e. The van der Waals surface area contributed by atoms with Gasteiger partial charge in [0.2, 0.25) is 6.73 Å². The summed E-state index contributed by atoms with van der Waals surface area (Å²) in [6.45, 7) is 6.99. The van der Waals surface area contributed by atoms with Crippen LogP contribution >= 0.6 is 0 Å². The molecule has 4 heterocycles. The number of hydrogen-bond donors (Lipinski definition) is 1. The van der Waals surface area contributed by atoms with Gasteiger partial charge in [-0.15, -0.1) is 0 Å². The molecule has 5 rings (SSSR count). The van der Waals surface area contributed by atoms with Crippen molar-refractivity contribution in [3.63, 3.8) is 0 Å². The van der Waals surface area contributed by atoms with E-state index in [-0.39, 0.29) is 30.0 Å². The van der Waals surface area contributed by atoms with Gasteiger partial charge >= 0.3 is 5.97 Å². The summed E-state index contributed by atoms with van der Waals surface area (Å²) >= 11 is 0. The van der Waals surface area contributed by atoms with Gasteiger partial charge in [0, 0.05) is 60.9 Å². The normalized spacial score (nSPS) is 22.3. The minimum absolute atomic E-state index is 0.0744. The summed E-state index contributed by atoms with van der Waals surface area (Å²) in [6.07, 6.45) is 8.55. The number of likely N-dealkylation sites (tertiary alicyclic amines) is 1. The van der Waals surface area contributed by atoms with Gasteiger partial charge in [-0.1, -0.05) is 37.8 Å². The summed E-state index contributed by atoms with van der Waals surface area (Å²) in [4.78, 5) is 30.8. The van der Waals surface area contributed by atoms with Gasteiger partial charge < -0.3 is 14.4 Å². The van der Waals surface area contributed by atoms with E-state index in [2.05, 4.69) is 17.1 Å². The smallest absolute Gasteiger partial charge is 0.310 e. The number of fused-ring (bicyclic) bond motifs is 2. The van der Waals surface area contributed by atoms with Crippen LogP contribution in [0.4, 0.5) is 4.39 Å². The van der Waals surface area contributed by atoms with Gasteiger partial charge in [-0.2, -0.15) is 0 Å². The first-order valence-corrected chi connectivity index (χ1v) is 15.6. The first-order valence-electron chi connectivity index (χ1n) is 15.6. The van der Waals surface area contributed by atoms with Crippen LogP contribution in [-0.2, 0) is 22.5 Å². The lowest BCUT2D eigenvalue weighted by molar-refractivity contribution is -0.948. The van der Waals surface area contributed by atoms with Crippen LogP contribution in [0.3, 0.4) is 0 Å². The molecule has 10 heteroatoms. The zero-order valence-corrected chi connectivity index (χ0v) is 24.9. The van der Waals surface area contributed by atoms with Crippen molar-refractivity contribution in [3.8, 4) is 0 Å². The Morgan fingerprint density at radius 3 is 2.76 bits per heavy atom. The van der Waals surface area contributed by atoms with Crippen molar-refractivity contribution in [2.45, 2.75) is 103 Å². The Morgan fingerprint density at radius 1 is 1.19 bits per heavy atom. The molecule has 0 spiro atoms. The van der Waals surface area contributed by atoms with Crippen LogP contribution in [0.5, 0.6) is 0 Å². The van der Waals surface area contributed by atoms with Crippen LogP contribution in [-0.4, -0.2) is 56.6 Å². The van der Waals surface area contributed by atoms with Crippen molar-refractivity contribution in [1.82, 2.24) is 14.7 Å². The summed E-state index contributed by atoms with van der Waals surface area (Å²) in [5.74, 6) is 0.0895. The molecule has 2 aliphatic heterocycles. The Balaban J connectivity index is 1.30. The van der Waals surface area contributed by atoms with Crippen molar-refractivity contribution in [1.29, 1.82) is 0 Å². The molecule has 0 bridgehead atoms. The van der Waals surface area contributed by atoms with Crippen LogP contribution in [0.1, 0.15) is 106 Å². The molecule has 0 radical (unpaired) electrons. The molecule has 228 valence electrons. The van der Waals surface area contributed by atoms with Gasteiger partial charge in [-0.05, 0) is 38.3 Å². The van der Waals surface area contributed by atoms with Crippen molar-refractivity contribution in [3.05, 3.63) is 57.1 Å². The molecule has 1 saturated heterocycles. The van der Waals surface area contributed by atoms with E-state index >= 15 is 0 Å². The zero-order chi connectivity index (χ0) is 29.7. The fourth-order valence-electron chi connectivity index (χ4n) is 6.59. The van der Waals surface area contributed by atoms with Crippen molar-refractivity contribution >= 4 is 16.9 Å². The molecule has 42 heavy (non-hydrogen) atoms. The maximum Gasteiger partial charge on any atom is 0.310 e. The summed E-state index contributed by atoms with van der Waals surface area (Å²) in [5.41, 5.74) is 2.54. The SMILES string of the molecule is CCCCCCCC(=O)OC[N+]1(CCc2c(C)nc3n(c2=O)CCCC3O)CCC(c2noc3cc(F)ccc23)CC1. The molecule has 0 aliphatic carbocycles. The lowest BCUT2D eigenvalue weighted by atomic mass is 9.90. The lowest BCUT2D eigenvalue weighted by Crippen LogP contribution is -2.55. The molecule has 1 atom stereocenters. The number of piperidine rings is 1. The van der Waals surface area contributed by atoms with Crippen LogP contribution in [0.25, 0.3) is 11.0 Å². The Hall–Kier alpha value is -3.11. The average Bonchev–Trinajstić information content (AvgIpc) is 3.40. The summed E-state index contributed by atoms with van der Waals surface area (Å²) in [5, 5.41) is 15.5. The predicted octanol–water partition coefficient (Wildman–Crippen LogP) is 5.46. The third-order valence-corrected chi connectivity index (χ3v) is 9.23. The first kappa shape index (κ1) is 30.4. The number of hydrogen-bond acceptors (Lipinski definition) is 7. The number of benzene rings is 1. The molecular weight excluding hydrogens is 539 g/mol. The monoisotopic (exact) mass is 583 g/mol. The Kier molecular flexibility index (Phi) is 9.73. The second-order valence-corrected chi connectivity index (χ2v) is 12.2. The molecule has 1 aromatic carbocycles. The number of carbonyl (C=O) groups is 1. The van der Waals surface area contributed by atoms with Gasteiger partial charge in [0.15, 0.2) is 5.58 Å². The van der Waals surface area contributed by atoms with Crippen LogP contribution < -0.4 is 5.56 Å². The Morgan fingerprint density at radius 2 is 1.98 bits per heavy atom. The van der Waals surface area contributed by atoms with Crippen molar-refractivity contribution < 1.29 is 28.0 Å².